The second-order valence-corrected chi connectivity index (χ2v) is 7.96. The molecule has 1 N–H and O–H groups in total. The fourth-order valence-corrected chi connectivity index (χ4v) is 4.05. The number of carbonyl (C=O) groups is 1. The van der Waals surface area contributed by atoms with Gasteiger partial charge in [0, 0.05) is 43.0 Å². The van der Waals surface area contributed by atoms with E-state index in [1.54, 1.807) is 11.3 Å². The highest BCUT2D eigenvalue weighted by Gasteiger charge is 2.21. The molecular weight excluding hydrogens is 358 g/mol. The van der Waals surface area contributed by atoms with Crippen LogP contribution in [-0.2, 0) is 11.2 Å². The quantitative estimate of drug-likeness (QED) is 0.757. The number of nitrogens with one attached hydrogen (secondary N) is 1. The van der Waals surface area contributed by atoms with Crippen LogP contribution >= 0.6 is 11.3 Å². The number of thiophene rings is 1. The van der Waals surface area contributed by atoms with Crippen molar-refractivity contribution in [2.75, 3.05) is 46.8 Å². The van der Waals surface area contributed by atoms with Crippen LogP contribution in [0.25, 0.3) is 0 Å². The van der Waals surface area contributed by atoms with E-state index in [1.165, 1.54) is 4.88 Å². The van der Waals surface area contributed by atoms with Crippen LogP contribution in [0.4, 0.5) is 0 Å². The van der Waals surface area contributed by atoms with E-state index in [0.717, 1.165) is 50.5 Å². The van der Waals surface area contributed by atoms with Crippen molar-refractivity contribution in [1.82, 2.24) is 15.1 Å². The standard InChI is InChI=1S/C21H29N3O2S/c1-22-10-9-19(20-8-5-15-27-20)26-18-7-4-3-6-17(18)16-21(25)24-13-11-23(2)12-14-24/h3-8,15,19,22H,9-14,16H2,1-2H3. The molecule has 3 rings (SSSR count). The molecule has 1 atom stereocenters. The molecule has 2 aromatic rings. The Morgan fingerprint density at radius 2 is 1.96 bits per heavy atom. The molecule has 1 aromatic heterocycles. The predicted molar refractivity (Wildman–Crippen MR) is 110 cm³/mol. The smallest absolute Gasteiger partial charge is 0.227 e. The van der Waals surface area contributed by atoms with E-state index in [0.29, 0.717) is 6.42 Å². The Bertz CT molecular complexity index is 712. The molecule has 0 radical (unpaired) electrons. The van der Waals surface area contributed by atoms with Crippen molar-refractivity contribution >= 4 is 17.2 Å². The molecule has 1 fully saturated rings. The van der Waals surface area contributed by atoms with E-state index in [4.69, 9.17) is 4.74 Å². The Balaban J connectivity index is 1.70. The second kappa shape index (κ2) is 9.88. The van der Waals surface area contributed by atoms with E-state index in [-0.39, 0.29) is 12.0 Å². The first-order valence-corrected chi connectivity index (χ1v) is 10.4. The first-order chi connectivity index (χ1) is 13.2. The summed E-state index contributed by atoms with van der Waals surface area (Å²) in [5, 5.41) is 5.28. The number of amides is 1. The monoisotopic (exact) mass is 387 g/mol. The van der Waals surface area contributed by atoms with Crippen molar-refractivity contribution in [3.05, 3.63) is 52.2 Å². The predicted octanol–water partition coefficient (Wildman–Crippen LogP) is 2.79. The van der Waals surface area contributed by atoms with Crippen LogP contribution in [0.3, 0.4) is 0 Å². The maximum absolute atomic E-state index is 12.8. The molecule has 0 saturated carbocycles. The third kappa shape index (κ3) is 5.54. The first-order valence-electron chi connectivity index (χ1n) is 9.56. The average Bonchev–Trinajstić information content (AvgIpc) is 3.21. The Kier molecular flexibility index (Phi) is 7.26. The van der Waals surface area contributed by atoms with Gasteiger partial charge in [-0.15, -0.1) is 11.3 Å². The number of rotatable bonds is 8. The normalized spacial score (nSPS) is 16.3. The minimum Gasteiger partial charge on any atom is -0.485 e. The molecule has 0 bridgehead atoms. The zero-order valence-corrected chi connectivity index (χ0v) is 17.0. The lowest BCUT2D eigenvalue weighted by molar-refractivity contribution is -0.132. The highest BCUT2D eigenvalue weighted by molar-refractivity contribution is 7.10. The van der Waals surface area contributed by atoms with E-state index in [2.05, 4.69) is 34.8 Å². The number of ether oxygens (including phenoxy) is 1. The molecule has 27 heavy (non-hydrogen) atoms. The van der Waals surface area contributed by atoms with Crippen molar-refractivity contribution in [2.45, 2.75) is 18.9 Å². The SMILES string of the molecule is CNCCC(Oc1ccccc1CC(=O)N1CCN(C)CC1)c1cccs1. The van der Waals surface area contributed by atoms with Crippen LogP contribution in [0.2, 0.25) is 0 Å². The minimum atomic E-state index is -0.00246. The summed E-state index contributed by atoms with van der Waals surface area (Å²) in [6.45, 7) is 4.37. The molecule has 146 valence electrons. The highest BCUT2D eigenvalue weighted by atomic mass is 32.1. The third-order valence-corrected chi connectivity index (χ3v) is 5.92. The molecule has 0 aliphatic carbocycles. The molecule has 6 heteroatoms. The van der Waals surface area contributed by atoms with Crippen molar-refractivity contribution in [1.29, 1.82) is 0 Å². The Hall–Kier alpha value is -1.89. The maximum atomic E-state index is 12.8. The third-order valence-electron chi connectivity index (χ3n) is 4.96. The largest absolute Gasteiger partial charge is 0.485 e. The summed E-state index contributed by atoms with van der Waals surface area (Å²) in [6, 6.07) is 12.1. The fourth-order valence-electron chi connectivity index (χ4n) is 3.26. The van der Waals surface area contributed by atoms with Crippen LogP contribution in [-0.4, -0.2) is 62.5 Å². The van der Waals surface area contributed by atoms with Crippen LogP contribution < -0.4 is 10.1 Å². The van der Waals surface area contributed by atoms with Gasteiger partial charge in [-0.2, -0.15) is 0 Å². The van der Waals surface area contributed by atoms with Gasteiger partial charge in [0.2, 0.25) is 5.91 Å². The summed E-state index contributed by atoms with van der Waals surface area (Å²) in [5.41, 5.74) is 0.965. The van der Waals surface area contributed by atoms with Crippen molar-refractivity contribution < 1.29 is 9.53 Å². The van der Waals surface area contributed by atoms with Gasteiger partial charge in [0.05, 0.1) is 6.42 Å². The summed E-state index contributed by atoms with van der Waals surface area (Å²) in [6.07, 6.45) is 1.28. The fraction of sp³-hybridized carbons (Fsp3) is 0.476. The topological polar surface area (TPSA) is 44.8 Å². The van der Waals surface area contributed by atoms with Gasteiger partial charge in [0.15, 0.2) is 0 Å². The molecule has 0 spiro atoms. The highest BCUT2D eigenvalue weighted by Crippen LogP contribution is 2.30. The van der Waals surface area contributed by atoms with Crippen LogP contribution in [0.15, 0.2) is 41.8 Å². The van der Waals surface area contributed by atoms with Crippen LogP contribution in [0, 0.1) is 0 Å². The molecule has 1 aliphatic heterocycles. The van der Waals surface area contributed by atoms with Gasteiger partial charge in [-0.25, -0.2) is 0 Å². The molecule has 1 unspecified atom stereocenters. The zero-order valence-electron chi connectivity index (χ0n) is 16.2. The number of para-hydroxylation sites is 1. The number of hydrogen-bond donors (Lipinski definition) is 1. The summed E-state index contributed by atoms with van der Waals surface area (Å²) in [4.78, 5) is 18.2. The molecule has 2 heterocycles. The molecular formula is C21H29N3O2S. The number of hydrogen-bond acceptors (Lipinski definition) is 5. The van der Waals surface area contributed by atoms with E-state index in [1.807, 2.05) is 36.2 Å². The average molecular weight is 388 g/mol. The zero-order chi connectivity index (χ0) is 19.1. The van der Waals surface area contributed by atoms with Crippen molar-refractivity contribution in [3.63, 3.8) is 0 Å². The molecule has 1 aromatic carbocycles. The van der Waals surface area contributed by atoms with Gasteiger partial charge in [-0.05, 0) is 38.2 Å². The molecule has 5 nitrogen and oxygen atoms in total. The maximum Gasteiger partial charge on any atom is 0.227 e. The summed E-state index contributed by atoms with van der Waals surface area (Å²) >= 11 is 1.71. The second-order valence-electron chi connectivity index (χ2n) is 6.98. The van der Waals surface area contributed by atoms with Crippen molar-refractivity contribution in [2.24, 2.45) is 0 Å². The molecule has 1 saturated heterocycles. The molecule has 1 amide bonds. The summed E-state index contributed by atoms with van der Waals surface area (Å²) in [5.74, 6) is 0.997. The number of likely N-dealkylation sites (N-methyl/N-ethyl adjacent to an activating group) is 1. The van der Waals surface area contributed by atoms with Gasteiger partial charge in [-0.3, -0.25) is 4.79 Å². The summed E-state index contributed by atoms with van der Waals surface area (Å²) < 4.78 is 6.39. The number of nitrogens with zero attached hydrogens (tertiary/aromatic N) is 2. The Morgan fingerprint density at radius 1 is 1.19 bits per heavy atom. The van der Waals surface area contributed by atoms with Gasteiger partial charge >= 0.3 is 0 Å². The number of piperazine rings is 1. The van der Waals surface area contributed by atoms with Crippen molar-refractivity contribution in [3.8, 4) is 5.75 Å². The van der Waals surface area contributed by atoms with Crippen LogP contribution in [0.1, 0.15) is 23.0 Å². The van der Waals surface area contributed by atoms with Crippen LogP contribution in [0.5, 0.6) is 5.75 Å². The number of carbonyl (C=O) groups excluding carboxylic acids is 1. The number of benzene rings is 1. The van der Waals surface area contributed by atoms with Gasteiger partial charge in [0.1, 0.15) is 11.9 Å². The van der Waals surface area contributed by atoms with Gasteiger partial charge < -0.3 is 19.9 Å². The summed E-state index contributed by atoms with van der Waals surface area (Å²) in [7, 11) is 4.05. The Labute approximate surface area is 165 Å². The van der Waals surface area contributed by atoms with E-state index in [9.17, 15) is 4.79 Å². The minimum absolute atomic E-state index is 0.00246. The molecule has 1 aliphatic rings. The van der Waals surface area contributed by atoms with Gasteiger partial charge in [-0.1, -0.05) is 24.3 Å². The van der Waals surface area contributed by atoms with Gasteiger partial charge in [0.25, 0.3) is 0 Å². The lowest BCUT2D eigenvalue weighted by atomic mass is 10.1. The van der Waals surface area contributed by atoms with E-state index < -0.39 is 0 Å². The lowest BCUT2D eigenvalue weighted by Crippen LogP contribution is -2.47. The first kappa shape index (κ1) is 19.9. The lowest BCUT2D eigenvalue weighted by Gasteiger charge is -2.32. The van der Waals surface area contributed by atoms with E-state index >= 15 is 0 Å². The Morgan fingerprint density at radius 3 is 2.67 bits per heavy atom.